The minimum Gasteiger partial charge on any atom is -0.278 e. The van der Waals surface area contributed by atoms with Crippen molar-refractivity contribution in [3.8, 4) is 28.3 Å². The lowest BCUT2D eigenvalue weighted by atomic mass is 9.89. The zero-order valence-corrected chi connectivity index (χ0v) is 28.6. The zero-order valence-electron chi connectivity index (χ0n) is 28.6. The SMILES string of the molecule is c1ccc(-c2cc3c4c5ccccc5ccc4c4cccc5c4c3c(c2)n5-c2nc(-c3ccccc3)c3c4ccccc4c4ccccc4c3n2)cc1. The third-order valence-electron chi connectivity index (χ3n) is 11.3. The lowest BCUT2D eigenvalue weighted by molar-refractivity contribution is 1.02. The molecule has 0 aliphatic carbocycles. The molecule has 2 heterocycles. The van der Waals surface area contributed by atoms with Gasteiger partial charge in [-0.25, -0.2) is 9.97 Å². The van der Waals surface area contributed by atoms with Gasteiger partial charge in [-0.1, -0.05) is 158 Å². The van der Waals surface area contributed by atoms with Crippen LogP contribution in [-0.4, -0.2) is 14.5 Å². The van der Waals surface area contributed by atoms with E-state index in [0.717, 1.165) is 44.0 Å². The van der Waals surface area contributed by atoms with Gasteiger partial charge in [-0.2, -0.15) is 0 Å². The molecule has 3 nitrogen and oxygen atoms in total. The summed E-state index contributed by atoms with van der Waals surface area (Å²) in [4.78, 5) is 11.2. The minimum atomic E-state index is 0.668. The van der Waals surface area contributed by atoms with Crippen molar-refractivity contribution in [1.82, 2.24) is 14.5 Å². The fourth-order valence-corrected chi connectivity index (χ4v) is 9.07. The van der Waals surface area contributed by atoms with Crippen LogP contribution in [0.15, 0.2) is 176 Å². The molecule has 0 aliphatic heterocycles. The van der Waals surface area contributed by atoms with Gasteiger partial charge in [-0.05, 0) is 77.8 Å². The van der Waals surface area contributed by atoms with Gasteiger partial charge in [-0.3, -0.25) is 4.57 Å². The Morgan fingerprint density at radius 2 is 0.906 bits per heavy atom. The molecule has 0 radical (unpaired) electrons. The molecule has 0 saturated carbocycles. The molecule has 0 atom stereocenters. The van der Waals surface area contributed by atoms with Crippen LogP contribution in [0.1, 0.15) is 0 Å². The zero-order chi connectivity index (χ0) is 34.6. The highest BCUT2D eigenvalue weighted by molar-refractivity contribution is 6.38. The first-order valence-electron chi connectivity index (χ1n) is 18.2. The van der Waals surface area contributed by atoms with Gasteiger partial charge in [0.05, 0.1) is 22.2 Å². The fourth-order valence-electron chi connectivity index (χ4n) is 9.07. The molecule has 0 N–H and O–H groups in total. The van der Waals surface area contributed by atoms with Gasteiger partial charge in [0, 0.05) is 27.1 Å². The molecule has 0 unspecified atom stereocenters. The highest BCUT2D eigenvalue weighted by atomic mass is 15.2. The number of hydrogen-bond acceptors (Lipinski definition) is 2. The predicted molar refractivity (Wildman–Crippen MR) is 223 cm³/mol. The first-order chi connectivity index (χ1) is 26.3. The van der Waals surface area contributed by atoms with E-state index >= 15 is 0 Å². The van der Waals surface area contributed by atoms with E-state index in [1.165, 1.54) is 65.0 Å². The lowest BCUT2D eigenvalue weighted by Gasteiger charge is -2.16. The van der Waals surface area contributed by atoms with E-state index in [0.29, 0.717) is 5.95 Å². The molecule has 0 aliphatic rings. The van der Waals surface area contributed by atoms with Crippen LogP contribution in [0.4, 0.5) is 0 Å². The molecule has 12 rings (SSSR count). The third kappa shape index (κ3) is 3.94. The Kier molecular flexibility index (Phi) is 5.77. The number of benzene rings is 10. The summed E-state index contributed by atoms with van der Waals surface area (Å²) in [6.45, 7) is 0. The topological polar surface area (TPSA) is 30.7 Å². The number of nitrogens with zero attached hydrogens (tertiary/aromatic N) is 3. The third-order valence-corrected chi connectivity index (χ3v) is 11.3. The van der Waals surface area contributed by atoms with E-state index in [1.54, 1.807) is 0 Å². The number of rotatable bonds is 3. The van der Waals surface area contributed by atoms with Crippen LogP contribution < -0.4 is 0 Å². The highest BCUT2D eigenvalue weighted by Gasteiger charge is 2.25. The van der Waals surface area contributed by atoms with E-state index in [2.05, 4.69) is 180 Å². The van der Waals surface area contributed by atoms with Crippen molar-refractivity contribution >= 4 is 86.6 Å². The summed E-state index contributed by atoms with van der Waals surface area (Å²) in [5.41, 5.74) is 7.51. The van der Waals surface area contributed by atoms with Gasteiger partial charge in [0.25, 0.3) is 0 Å². The van der Waals surface area contributed by atoms with Crippen LogP contribution in [0, 0.1) is 0 Å². The van der Waals surface area contributed by atoms with E-state index in [9.17, 15) is 0 Å². The average molecular weight is 672 g/mol. The van der Waals surface area contributed by atoms with Crippen molar-refractivity contribution in [1.29, 1.82) is 0 Å². The molecule has 0 bridgehead atoms. The van der Waals surface area contributed by atoms with Gasteiger partial charge in [-0.15, -0.1) is 0 Å². The summed E-state index contributed by atoms with van der Waals surface area (Å²) in [5, 5.41) is 15.8. The number of fused-ring (bicyclic) bond motifs is 11. The molecule has 53 heavy (non-hydrogen) atoms. The summed E-state index contributed by atoms with van der Waals surface area (Å²) in [6.07, 6.45) is 0. The summed E-state index contributed by atoms with van der Waals surface area (Å²) in [5.74, 6) is 0.668. The number of hydrogen-bond donors (Lipinski definition) is 0. The van der Waals surface area contributed by atoms with Crippen LogP contribution in [-0.2, 0) is 0 Å². The Bertz CT molecular complexity index is 3430. The fraction of sp³-hybridized carbons (Fsp3) is 0. The molecule has 0 fully saturated rings. The molecule has 0 saturated heterocycles. The minimum absolute atomic E-state index is 0.668. The summed E-state index contributed by atoms with van der Waals surface area (Å²) in [7, 11) is 0. The van der Waals surface area contributed by atoms with E-state index in [-0.39, 0.29) is 0 Å². The molecule has 244 valence electrons. The standard InChI is InChI=1S/C50H29N3/c1-3-14-30(15-4-1)33-28-41-44-34-19-8-7-16-31(34)26-27-39(44)38-24-13-25-42-45(38)46(41)43(29-33)53(42)50-51-48(32-17-5-2-6-18-32)47-37-22-11-9-20-35(37)36-21-10-12-23-40(36)49(47)52-50/h1-29H. The van der Waals surface area contributed by atoms with Crippen LogP contribution in [0.2, 0.25) is 0 Å². The second-order valence-electron chi connectivity index (χ2n) is 14.1. The first kappa shape index (κ1) is 28.6. The van der Waals surface area contributed by atoms with Crippen molar-refractivity contribution in [2.24, 2.45) is 0 Å². The van der Waals surface area contributed by atoms with Gasteiger partial charge < -0.3 is 0 Å². The Labute approximate surface area is 304 Å². The van der Waals surface area contributed by atoms with Crippen molar-refractivity contribution < 1.29 is 0 Å². The Morgan fingerprint density at radius 3 is 1.70 bits per heavy atom. The van der Waals surface area contributed by atoms with Crippen molar-refractivity contribution in [2.75, 3.05) is 0 Å². The molecular formula is C50H29N3. The van der Waals surface area contributed by atoms with E-state index < -0.39 is 0 Å². The maximum Gasteiger partial charge on any atom is 0.235 e. The number of aromatic nitrogens is 3. The second-order valence-corrected chi connectivity index (χ2v) is 14.1. The molecule has 3 heteroatoms. The molecule has 0 spiro atoms. The molecule has 10 aromatic carbocycles. The Morgan fingerprint density at radius 1 is 0.321 bits per heavy atom. The van der Waals surface area contributed by atoms with Crippen LogP contribution in [0.5, 0.6) is 0 Å². The largest absolute Gasteiger partial charge is 0.278 e. The molecule has 12 aromatic rings. The quantitative estimate of drug-likeness (QED) is 0.175. The smallest absolute Gasteiger partial charge is 0.235 e. The Hall–Kier alpha value is -7.10. The van der Waals surface area contributed by atoms with Gasteiger partial charge in [0.2, 0.25) is 5.95 Å². The lowest BCUT2D eigenvalue weighted by Crippen LogP contribution is -2.04. The van der Waals surface area contributed by atoms with Crippen LogP contribution in [0.3, 0.4) is 0 Å². The maximum absolute atomic E-state index is 5.62. The summed E-state index contributed by atoms with van der Waals surface area (Å²) >= 11 is 0. The molecule has 0 amide bonds. The van der Waals surface area contributed by atoms with E-state index in [4.69, 9.17) is 9.97 Å². The Balaban J connectivity index is 1.32. The van der Waals surface area contributed by atoms with Crippen LogP contribution >= 0.6 is 0 Å². The molecular weight excluding hydrogens is 643 g/mol. The molecule has 2 aromatic heterocycles. The summed E-state index contributed by atoms with van der Waals surface area (Å²) < 4.78 is 2.33. The maximum atomic E-state index is 5.62. The second kappa shape index (κ2) is 10.7. The van der Waals surface area contributed by atoms with Crippen LogP contribution in [0.25, 0.3) is 115 Å². The average Bonchev–Trinajstić information content (AvgIpc) is 3.58. The highest BCUT2D eigenvalue weighted by Crippen LogP contribution is 2.47. The van der Waals surface area contributed by atoms with Crippen molar-refractivity contribution in [3.63, 3.8) is 0 Å². The first-order valence-corrected chi connectivity index (χ1v) is 18.2. The summed E-state index contributed by atoms with van der Waals surface area (Å²) in [6, 6.07) is 63.5. The van der Waals surface area contributed by atoms with Gasteiger partial charge >= 0.3 is 0 Å². The van der Waals surface area contributed by atoms with Gasteiger partial charge in [0.1, 0.15) is 0 Å². The predicted octanol–water partition coefficient (Wildman–Crippen LogP) is 13.3. The van der Waals surface area contributed by atoms with Crippen molar-refractivity contribution in [2.45, 2.75) is 0 Å². The van der Waals surface area contributed by atoms with E-state index in [1.807, 2.05) is 0 Å². The van der Waals surface area contributed by atoms with Gasteiger partial charge in [0.15, 0.2) is 0 Å². The van der Waals surface area contributed by atoms with Crippen molar-refractivity contribution in [3.05, 3.63) is 176 Å². The normalized spacial score (nSPS) is 12.2. The monoisotopic (exact) mass is 671 g/mol.